The van der Waals surface area contributed by atoms with E-state index in [1.54, 1.807) is 12.7 Å². The second kappa shape index (κ2) is 8.77. The SMILES string of the molecule is CCC(=CC1CCCCC1)CNCCOC. The summed E-state index contributed by atoms with van der Waals surface area (Å²) in [5.41, 5.74) is 1.57. The summed E-state index contributed by atoms with van der Waals surface area (Å²) in [6.07, 6.45) is 10.8. The number of rotatable bonds is 7. The van der Waals surface area contributed by atoms with Crippen LogP contribution in [-0.4, -0.2) is 26.8 Å². The molecule has 0 unspecified atom stereocenters. The number of hydrogen-bond donors (Lipinski definition) is 1. The van der Waals surface area contributed by atoms with Gasteiger partial charge in [-0.2, -0.15) is 0 Å². The first-order valence-corrected chi connectivity index (χ1v) is 6.76. The van der Waals surface area contributed by atoms with Crippen LogP contribution in [0.2, 0.25) is 0 Å². The summed E-state index contributed by atoms with van der Waals surface area (Å²) in [6.45, 7) is 5.06. The Morgan fingerprint density at radius 3 is 2.69 bits per heavy atom. The van der Waals surface area contributed by atoms with Gasteiger partial charge in [0, 0.05) is 20.2 Å². The molecule has 2 nitrogen and oxygen atoms in total. The molecule has 94 valence electrons. The molecule has 0 amide bonds. The molecule has 0 heterocycles. The Morgan fingerprint density at radius 1 is 1.31 bits per heavy atom. The Kier molecular flexibility index (Phi) is 7.52. The van der Waals surface area contributed by atoms with Crippen molar-refractivity contribution in [1.82, 2.24) is 5.32 Å². The van der Waals surface area contributed by atoms with Crippen LogP contribution in [0, 0.1) is 5.92 Å². The van der Waals surface area contributed by atoms with Gasteiger partial charge in [0.25, 0.3) is 0 Å². The first-order valence-electron chi connectivity index (χ1n) is 6.76. The number of nitrogens with one attached hydrogen (secondary N) is 1. The van der Waals surface area contributed by atoms with Crippen molar-refractivity contribution in [2.45, 2.75) is 45.4 Å². The van der Waals surface area contributed by atoms with Crippen LogP contribution in [0.4, 0.5) is 0 Å². The lowest BCUT2D eigenvalue weighted by Gasteiger charge is -2.19. The largest absolute Gasteiger partial charge is 0.383 e. The molecule has 1 rings (SSSR count). The number of allylic oxidation sites excluding steroid dienone is 1. The topological polar surface area (TPSA) is 21.3 Å². The second-order valence-electron chi connectivity index (χ2n) is 4.75. The molecule has 0 aromatic rings. The maximum absolute atomic E-state index is 5.03. The molecular weight excluding hydrogens is 198 g/mol. The van der Waals surface area contributed by atoms with Gasteiger partial charge in [-0.05, 0) is 25.2 Å². The summed E-state index contributed by atoms with van der Waals surface area (Å²) in [7, 11) is 1.75. The second-order valence-corrected chi connectivity index (χ2v) is 4.75. The van der Waals surface area contributed by atoms with E-state index in [-0.39, 0.29) is 0 Å². The summed E-state index contributed by atoms with van der Waals surface area (Å²) in [5.74, 6) is 0.855. The summed E-state index contributed by atoms with van der Waals surface area (Å²) in [5, 5.41) is 3.43. The molecule has 0 aromatic heterocycles. The van der Waals surface area contributed by atoms with E-state index in [0.29, 0.717) is 0 Å². The average molecular weight is 225 g/mol. The quantitative estimate of drug-likeness (QED) is 0.531. The molecule has 0 bridgehead atoms. The third-order valence-corrected chi connectivity index (χ3v) is 3.41. The molecular formula is C14H27NO. The number of ether oxygens (including phenoxy) is 1. The van der Waals surface area contributed by atoms with Crippen molar-refractivity contribution in [1.29, 1.82) is 0 Å². The van der Waals surface area contributed by atoms with Crippen LogP contribution in [0.25, 0.3) is 0 Å². The van der Waals surface area contributed by atoms with Gasteiger partial charge < -0.3 is 10.1 Å². The summed E-state index contributed by atoms with van der Waals surface area (Å²) in [4.78, 5) is 0. The molecule has 0 atom stereocenters. The molecule has 1 fully saturated rings. The van der Waals surface area contributed by atoms with E-state index in [4.69, 9.17) is 4.74 Å². The Labute approximate surface area is 100 Å². The molecule has 1 saturated carbocycles. The molecule has 0 aromatic carbocycles. The van der Waals surface area contributed by atoms with Gasteiger partial charge >= 0.3 is 0 Å². The van der Waals surface area contributed by atoms with Crippen molar-refractivity contribution in [3.05, 3.63) is 11.6 Å². The highest BCUT2D eigenvalue weighted by Crippen LogP contribution is 2.25. The van der Waals surface area contributed by atoms with Crippen LogP contribution in [0.15, 0.2) is 11.6 Å². The number of hydrogen-bond acceptors (Lipinski definition) is 2. The summed E-state index contributed by atoms with van der Waals surface area (Å²) >= 11 is 0. The van der Waals surface area contributed by atoms with Crippen LogP contribution in [0.3, 0.4) is 0 Å². The van der Waals surface area contributed by atoms with E-state index in [9.17, 15) is 0 Å². The molecule has 0 aliphatic heterocycles. The zero-order valence-electron chi connectivity index (χ0n) is 10.9. The van der Waals surface area contributed by atoms with Crippen LogP contribution >= 0.6 is 0 Å². The monoisotopic (exact) mass is 225 g/mol. The van der Waals surface area contributed by atoms with Crippen molar-refractivity contribution < 1.29 is 4.74 Å². The third-order valence-electron chi connectivity index (χ3n) is 3.41. The van der Waals surface area contributed by atoms with E-state index in [1.165, 1.54) is 38.5 Å². The van der Waals surface area contributed by atoms with Crippen LogP contribution in [0.1, 0.15) is 45.4 Å². The Balaban J connectivity index is 2.24. The highest BCUT2D eigenvalue weighted by atomic mass is 16.5. The first-order chi connectivity index (χ1) is 7.86. The van der Waals surface area contributed by atoms with Crippen molar-refractivity contribution in [2.24, 2.45) is 5.92 Å². The summed E-state index contributed by atoms with van der Waals surface area (Å²) < 4.78 is 5.03. The van der Waals surface area contributed by atoms with Crippen molar-refractivity contribution in [3.8, 4) is 0 Å². The molecule has 0 spiro atoms. The minimum absolute atomic E-state index is 0.806. The van der Waals surface area contributed by atoms with Gasteiger partial charge in [0.2, 0.25) is 0 Å². The molecule has 1 aliphatic carbocycles. The van der Waals surface area contributed by atoms with Crippen LogP contribution in [-0.2, 0) is 4.74 Å². The molecule has 1 N–H and O–H groups in total. The van der Waals surface area contributed by atoms with E-state index in [0.717, 1.165) is 25.6 Å². The van der Waals surface area contributed by atoms with Gasteiger partial charge in [-0.15, -0.1) is 0 Å². The minimum atomic E-state index is 0.806. The predicted molar refractivity (Wildman–Crippen MR) is 69.7 cm³/mol. The lowest BCUT2D eigenvalue weighted by atomic mass is 9.87. The Hall–Kier alpha value is -0.340. The number of methoxy groups -OCH3 is 1. The molecule has 1 aliphatic rings. The summed E-state index contributed by atoms with van der Waals surface area (Å²) in [6, 6.07) is 0. The van der Waals surface area contributed by atoms with E-state index in [1.807, 2.05) is 0 Å². The van der Waals surface area contributed by atoms with Gasteiger partial charge in [0.05, 0.1) is 6.61 Å². The fourth-order valence-electron chi connectivity index (χ4n) is 2.36. The van der Waals surface area contributed by atoms with Gasteiger partial charge in [0.1, 0.15) is 0 Å². The zero-order chi connectivity index (χ0) is 11.6. The van der Waals surface area contributed by atoms with Gasteiger partial charge in [-0.25, -0.2) is 0 Å². The maximum Gasteiger partial charge on any atom is 0.0587 e. The standard InChI is InChI=1S/C14H27NO/c1-3-13(12-15-9-10-16-2)11-14-7-5-4-6-8-14/h11,14-15H,3-10,12H2,1-2H3. The highest BCUT2D eigenvalue weighted by Gasteiger charge is 2.11. The van der Waals surface area contributed by atoms with Crippen molar-refractivity contribution in [2.75, 3.05) is 26.8 Å². The van der Waals surface area contributed by atoms with Gasteiger partial charge in [0.15, 0.2) is 0 Å². The fourth-order valence-corrected chi connectivity index (χ4v) is 2.36. The third kappa shape index (κ3) is 5.66. The molecule has 2 heteroatoms. The van der Waals surface area contributed by atoms with Crippen molar-refractivity contribution in [3.63, 3.8) is 0 Å². The Morgan fingerprint density at radius 2 is 2.06 bits per heavy atom. The van der Waals surface area contributed by atoms with E-state index in [2.05, 4.69) is 18.3 Å². The zero-order valence-corrected chi connectivity index (χ0v) is 10.9. The van der Waals surface area contributed by atoms with Crippen LogP contribution < -0.4 is 5.32 Å². The lowest BCUT2D eigenvalue weighted by Crippen LogP contribution is -2.22. The Bertz CT molecular complexity index is 195. The lowest BCUT2D eigenvalue weighted by molar-refractivity contribution is 0.200. The van der Waals surface area contributed by atoms with E-state index < -0.39 is 0 Å². The molecule has 0 saturated heterocycles. The predicted octanol–water partition coefficient (Wildman–Crippen LogP) is 3.14. The normalized spacial score (nSPS) is 19.0. The highest BCUT2D eigenvalue weighted by molar-refractivity contribution is 5.06. The molecule has 0 radical (unpaired) electrons. The van der Waals surface area contributed by atoms with Gasteiger partial charge in [-0.3, -0.25) is 0 Å². The average Bonchev–Trinajstić information content (AvgIpc) is 2.34. The van der Waals surface area contributed by atoms with Crippen molar-refractivity contribution >= 4 is 0 Å². The smallest absolute Gasteiger partial charge is 0.0587 e. The first kappa shape index (κ1) is 13.7. The maximum atomic E-state index is 5.03. The van der Waals surface area contributed by atoms with E-state index >= 15 is 0 Å². The van der Waals surface area contributed by atoms with Crippen LogP contribution in [0.5, 0.6) is 0 Å². The van der Waals surface area contributed by atoms with Gasteiger partial charge in [-0.1, -0.05) is 37.8 Å². The minimum Gasteiger partial charge on any atom is -0.383 e. The fraction of sp³-hybridized carbons (Fsp3) is 0.857. The molecule has 16 heavy (non-hydrogen) atoms.